The maximum Gasteiger partial charge on any atom is 0.416 e. The second-order valence-electron chi connectivity index (χ2n) is 18.8. The lowest BCUT2D eigenvalue weighted by atomic mass is 10.0. The highest BCUT2D eigenvalue weighted by atomic mass is 79.9. The van der Waals surface area contributed by atoms with Crippen LogP contribution in [-0.4, -0.2) is 0 Å². The number of halogens is 1. The van der Waals surface area contributed by atoms with Gasteiger partial charge in [-0.15, -0.1) is 0 Å². The van der Waals surface area contributed by atoms with Gasteiger partial charge in [0.25, 0.3) is 0 Å². The van der Waals surface area contributed by atoms with Crippen LogP contribution in [0.1, 0.15) is 11.1 Å². The third kappa shape index (κ3) is 9.02. The number of hydrogen-bond donors (Lipinski definition) is 0. The second-order valence-corrected chi connectivity index (χ2v) is 24.0. The summed E-state index contributed by atoms with van der Waals surface area (Å²) >= 11 is 3.27. The summed E-state index contributed by atoms with van der Waals surface area (Å²) in [6, 6.07) is 93.6. The molecule has 0 unspecified atom stereocenters. The van der Waals surface area contributed by atoms with Crippen LogP contribution in [-0.2, 0) is 9.13 Å². The zero-order valence-electron chi connectivity index (χ0n) is 41.4. The molecule has 0 saturated carbocycles. The molecule has 0 atom stereocenters. The highest BCUT2D eigenvalue weighted by molar-refractivity contribution is 9.10. The summed E-state index contributed by atoms with van der Waals surface area (Å²) in [4.78, 5) is 0. The Balaban J connectivity index is 0.000000136. The Morgan fingerprint density at radius 2 is 0.597 bits per heavy atom. The molecule has 0 heterocycles. The zero-order chi connectivity index (χ0) is 52.5. The van der Waals surface area contributed by atoms with E-state index in [-0.39, 0.29) is 0 Å². The molecule has 0 aromatic heterocycles. The predicted octanol–water partition coefficient (Wildman–Crippen LogP) is 17.2. The molecule has 0 spiro atoms. The zero-order valence-corrected chi connectivity index (χ0v) is 44.8. The van der Waals surface area contributed by atoms with E-state index in [0.717, 1.165) is 106 Å². The molecule has 0 aliphatic rings. The van der Waals surface area contributed by atoms with Crippen molar-refractivity contribution < 1.29 is 9.13 Å². The molecule has 0 radical (unpaired) electrons. The highest BCUT2D eigenvalue weighted by Crippen LogP contribution is 2.48. The number of nitrogens with zero attached hydrogens (tertiary/aromatic N) is 2. The fourth-order valence-electron chi connectivity index (χ4n) is 10.8. The smallest absolute Gasteiger partial charge is 0.309 e. The number of rotatable bonds is 5. The fourth-order valence-corrected chi connectivity index (χ4v) is 15.8. The summed E-state index contributed by atoms with van der Waals surface area (Å²) in [6.45, 7) is 0. The summed E-state index contributed by atoms with van der Waals surface area (Å²) < 4.78 is 31.2. The van der Waals surface area contributed by atoms with Gasteiger partial charge in [0.05, 0.1) is 23.3 Å². The van der Waals surface area contributed by atoms with Crippen molar-refractivity contribution in [2.75, 3.05) is 0 Å². The van der Waals surface area contributed by atoms with Gasteiger partial charge >= 0.3 is 7.80 Å². The average molecular weight is 1090 g/mol. The average Bonchev–Trinajstić information content (AvgIpc) is 3.63. The van der Waals surface area contributed by atoms with E-state index < -0.39 is 14.9 Å². The molecule has 0 amide bonds. The van der Waals surface area contributed by atoms with Crippen molar-refractivity contribution in [1.82, 2.24) is 0 Å². The first-order chi connectivity index (χ1) is 37.8. The SMILES string of the molecule is N#Cc1ccc(Br)cc1.N#Cc1ccc(P(=O)(c2cc3ccccc3c3ccccc23)c2cc3ccccc3c3ccccc23)cc1.O=[P+](c1cc2ccccc2c2ccccc12)c1cc2ccccc2c2ccccc12. The van der Waals surface area contributed by atoms with Crippen LogP contribution in [0.2, 0.25) is 0 Å². The minimum Gasteiger partial charge on any atom is -0.309 e. The molecule has 0 bridgehead atoms. The van der Waals surface area contributed by atoms with Crippen LogP contribution >= 0.6 is 30.9 Å². The van der Waals surface area contributed by atoms with E-state index in [1.54, 1.807) is 24.3 Å². The maximum atomic E-state index is 16.1. The van der Waals surface area contributed by atoms with Crippen LogP contribution in [0.15, 0.2) is 271 Å². The number of fused-ring (bicyclic) bond motifs is 12. The first-order valence-corrected chi connectivity index (χ1v) is 28.9. The van der Waals surface area contributed by atoms with Crippen molar-refractivity contribution >= 4 is 144 Å². The van der Waals surface area contributed by atoms with E-state index in [1.165, 1.54) is 10.8 Å². The monoisotopic (exact) mass is 1090 g/mol. The molecule has 4 nitrogen and oxygen atoms in total. The molecule has 7 heteroatoms. The molecule has 77 heavy (non-hydrogen) atoms. The highest BCUT2D eigenvalue weighted by Gasteiger charge is 2.35. The quantitative estimate of drug-likeness (QED) is 0.127. The van der Waals surface area contributed by atoms with Gasteiger partial charge in [-0.1, -0.05) is 202 Å². The van der Waals surface area contributed by atoms with Gasteiger partial charge in [0.15, 0.2) is 7.14 Å². The minimum atomic E-state index is -3.42. The Morgan fingerprint density at radius 1 is 0.325 bits per heavy atom. The van der Waals surface area contributed by atoms with Crippen molar-refractivity contribution in [2.45, 2.75) is 0 Å². The van der Waals surface area contributed by atoms with Crippen molar-refractivity contribution in [3.8, 4) is 12.1 Å². The first kappa shape index (κ1) is 48.9. The molecule has 0 fully saturated rings. The van der Waals surface area contributed by atoms with Crippen LogP contribution in [0.4, 0.5) is 0 Å². The number of nitriles is 2. The van der Waals surface area contributed by atoms with Crippen LogP contribution in [0.25, 0.3) is 86.2 Å². The van der Waals surface area contributed by atoms with Crippen LogP contribution in [0.5, 0.6) is 0 Å². The molecule has 0 aliphatic heterocycles. The van der Waals surface area contributed by atoms with Crippen molar-refractivity contribution in [3.05, 3.63) is 283 Å². The van der Waals surface area contributed by atoms with Gasteiger partial charge in [-0.2, -0.15) is 10.5 Å². The van der Waals surface area contributed by atoms with Gasteiger partial charge in [0.1, 0.15) is 0 Å². The molecular formula is C70H44BrN2O2P2+. The van der Waals surface area contributed by atoms with E-state index in [4.69, 9.17) is 5.26 Å². The van der Waals surface area contributed by atoms with Gasteiger partial charge in [0, 0.05) is 43.3 Å². The van der Waals surface area contributed by atoms with Gasteiger partial charge in [0.2, 0.25) is 10.6 Å². The molecule has 14 aromatic carbocycles. The summed E-state index contributed by atoms with van der Waals surface area (Å²) in [6.07, 6.45) is 0. The first-order valence-electron chi connectivity index (χ1n) is 25.2. The van der Waals surface area contributed by atoms with E-state index >= 15 is 4.57 Å². The predicted molar refractivity (Wildman–Crippen MR) is 329 cm³/mol. The van der Waals surface area contributed by atoms with Gasteiger partial charge in [-0.3, -0.25) is 0 Å². The van der Waals surface area contributed by atoms with Crippen molar-refractivity contribution in [3.63, 3.8) is 0 Å². The number of hydrogen-bond acceptors (Lipinski definition) is 4. The lowest BCUT2D eigenvalue weighted by Gasteiger charge is -2.25. The van der Waals surface area contributed by atoms with E-state index in [1.807, 2.05) is 103 Å². The fraction of sp³-hybridized carbons (Fsp3) is 0. The minimum absolute atomic E-state index is 0.548. The Kier molecular flexibility index (Phi) is 13.3. The summed E-state index contributed by atoms with van der Waals surface area (Å²) in [5.74, 6) is 0. The van der Waals surface area contributed by atoms with Gasteiger partial charge in [-0.05, 0) is 148 Å². The summed E-state index contributed by atoms with van der Waals surface area (Å²) in [5, 5.41) is 39.6. The van der Waals surface area contributed by atoms with E-state index in [0.29, 0.717) is 11.1 Å². The summed E-state index contributed by atoms with van der Waals surface area (Å²) in [7, 11) is -5.18. The standard InChI is InChI=1S/C35H22NOP.C28H18OP.C7H4BrN/c36-23-24-17-19-27(20-18-24)38(37,34-21-25-9-1-3-11-28(25)30-13-5-7-15-32(30)34)35-22-26-10-2-4-12-29(26)31-14-6-8-16-33(31)35;29-30(27-17-19-9-1-3-11-21(19)23-13-5-7-15-25(23)27)28-18-20-10-2-4-12-22(20)24-14-6-8-16-26(24)28;8-7-3-1-6(5-9)2-4-7/h1-22H;1-18H;1-4H/q;+1;. The van der Waals surface area contributed by atoms with Gasteiger partial charge in [-0.25, -0.2) is 0 Å². The van der Waals surface area contributed by atoms with Gasteiger partial charge < -0.3 is 4.57 Å². The Morgan fingerprint density at radius 3 is 0.948 bits per heavy atom. The molecule has 362 valence electrons. The largest absolute Gasteiger partial charge is 0.416 e. The topological polar surface area (TPSA) is 81.7 Å². The lowest BCUT2D eigenvalue weighted by Crippen LogP contribution is -2.26. The lowest BCUT2D eigenvalue weighted by molar-refractivity contribution is 0.592. The van der Waals surface area contributed by atoms with Crippen LogP contribution in [0, 0.1) is 22.7 Å². The van der Waals surface area contributed by atoms with Crippen LogP contribution in [0.3, 0.4) is 0 Å². The molecular weight excluding hydrogens is 1040 g/mol. The molecule has 14 rings (SSSR count). The Labute approximate surface area is 455 Å². The Bertz CT molecular complexity index is 4550. The van der Waals surface area contributed by atoms with Crippen LogP contribution < -0.4 is 26.5 Å². The normalized spacial score (nSPS) is 11.3. The molecule has 14 aromatic rings. The third-order valence-corrected chi connectivity index (χ3v) is 19.7. The molecule has 0 saturated heterocycles. The van der Waals surface area contributed by atoms with E-state index in [2.05, 4.69) is 168 Å². The Hall–Kier alpha value is -9.05. The second kappa shape index (κ2) is 20.9. The summed E-state index contributed by atoms with van der Waals surface area (Å²) in [5.41, 5.74) is 1.24. The van der Waals surface area contributed by atoms with E-state index in [9.17, 15) is 9.83 Å². The maximum absolute atomic E-state index is 16.1. The molecule has 0 aliphatic carbocycles. The molecule has 0 N–H and O–H groups in total. The van der Waals surface area contributed by atoms with Crippen molar-refractivity contribution in [2.24, 2.45) is 0 Å². The third-order valence-electron chi connectivity index (χ3n) is 14.4. The van der Waals surface area contributed by atoms with Crippen molar-refractivity contribution in [1.29, 1.82) is 10.5 Å². The number of benzene rings is 14.